The van der Waals surface area contributed by atoms with Gasteiger partial charge in [0, 0.05) is 29.7 Å². The van der Waals surface area contributed by atoms with Crippen molar-refractivity contribution in [1.82, 2.24) is 4.90 Å². The Bertz CT molecular complexity index is 517. The maximum absolute atomic E-state index is 6.02. The monoisotopic (exact) mass is 272 g/mol. The van der Waals surface area contributed by atoms with Crippen LogP contribution in [-0.4, -0.2) is 17.5 Å². The topological polar surface area (TPSA) is 29.3 Å². The van der Waals surface area contributed by atoms with Crippen LogP contribution in [0.15, 0.2) is 41.8 Å². The van der Waals surface area contributed by atoms with Crippen LogP contribution in [0.2, 0.25) is 0 Å². The first-order chi connectivity index (χ1) is 9.33. The molecule has 0 radical (unpaired) electrons. The van der Waals surface area contributed by atoms with Gasteiger partial charge in [-0.25, -0.2) is 0 Å². The van der Waals surface area contributed by atoms with Gasteiger partial charge in [-0.2, -0.15) is 0 Å². The summed E-state index contributed by atoms with van der Waals surface area (Å²) in [6.07, 6.45) is 3.76. The third-order valence-corrected chi connectivity index (χ3v) is 4.59. The fraction of sp³-hybridized carbons (Fsp3) is 0.375. The molecule has 100 valence electrons. The Kier molecular flexibility index (Phi) is 3.85. The van der Waals surface area contributed by atoms with Crippen molar-refractivity contribution in [3.8, 4) is 0 Å². The van der Waals surface area contributed by atoms with Gasteiger partial charge in [-0.1, -0.05) is 24.3 Å². The summed E-state index contributed by atoms with van der Waals surface area (Å²) in [5.74, 6) is 0. The Morgan fingerprint density at radius 1 is 1.16 bits per heavy atom. The standard InChI is InChI=1S/C16H20N2S/c17-16-6-2-1-4-13(16)9-10-18(14-7-8-14)12-15-5-3-11-19-15/h1-6,11,14H,7-10,12,17H2. The highest BCUT2D eigenvalue weighted by molar-refractivity contribution is 7.09. The molecule has 0 spiro atoms. The number of rotatable bonds is 6. The maximum atomic E-state index is 6.02. The first-order valence-corrected chi connectivity index (χ1v) is 7.81. The molecule has 0 aliphatic heterocycles. The highest BCUT2D eigenvalue weighted by Crippen LogP contribution is 2.29. The minimum Gasteiger partial charge on any atom is -0.399 e. The molecule has 2 nitrogen and oxygen atoms in total. The van der Waals surface area contributed by atoms with Gasteiger partial charge in [0.15, 0.2) is 0 Å². The van der Waals surface area contributed by atoms with Crippen molar-refractivity contribution in [3.63, 3.8) is 0 Å². The van der Waals surface area contributed by atoms with Crippen molar-refractivity contribution in [2.24, 2.45) is 0 Å². The van der Waals surface area contributed by atoms with Crippen LogP contribution in [-0.2, 0) is 13.0 Å². The first-order valence-electron chi connectivity index (χ1n) is 6.93. The van der Waals surface area contributed by atoms with Crippen LogP contribution in [0.1, 0.15) is 23.3 Å². The summed E-state index contributed by atoms with van der Waals surface area (Å²) in [6, 6.07) is 13.4. The molecule has 1 aromatic carbocycles. The first kappa shape index (κ1) is 12.7. The minimum absolute atomic E-state index is 0.798. The number of benzene rings is 1. The molecule has 0 saturated heterocycles. The van der Waals surface area contributed by atoms with E-state index in [-0.39, 0.29) is 0 Å². The molecule has 3 rings (SSSR count). The Morgan fingerprint density at radius 2 is 2.00 bits per heavy atom. The number of anilines is 1. The van der Waals surface area contributed by atoms with E-state index in [4.69, 9.17) is 5.73 Å². The quantitative estimate of drug-likeness (QED) is 0.815. The van der Waals surface area contributed by atoms with Crippen LogP contribution < -0.4 is 5.73 Å². The Labute approximate surface area is 118 Å². The van der Waals surface area contributed by atoms with Crippen LogP contribution in [0.3, 0.4) is 0 Å². The van der Waals surface area contributed by atoms with Crippen molar-refractivity contribution in [2.75, 3.05) is 12.3 Å². The van der Waals surface area contributed by atoms with E-state index >= 15 is 0 Å². The van der Waals surface area contributed by atoms with Crippen LogP contribution in [0.5, 0.6) is 0 Å². The fourth-order valence-corrected chi connectivity index (χ4v) is 3.19. The summed E-state index contributed by atoms with van der Waals surface area (Å²) in [4.78, 5) is 4.08. The van der Waals surface area contributed by atoms with Gasteiger partial charge in [0.05, 0.1) is 0 Å². The molecular weight excluding hydrogens is 252 g/mol. The average molecular weight is 272 g/mol. The van der Waals surface area contributed by atoms with E-state index in [0.717, 1.165) is 31.2 Å². The van der Waals surface area contributed by atoms with E-state index in [1.165, 1.54) is 23.3 Å². The smallest absolute Gasteiger partial charge is 0.0347 e. The summed E-state index contributed by atoms with van der Waals surface area (Å²) in [5.41, 5.74) is 8.22. The molecule has 1 aliphatic carbocycles. The number of thiophene rings is 1. The van der Waals surface area contributed by atoms with Crippen molar-refractivity contribution in [3.05, 3.63) is 52.2 Å². The third-order valence-electron chi connectivity index (χ3n) is 3.73. The number of nitrogens with two attached hydrogens (primary N) is 1. The van der Waals surface area contributed by atoms with Gasteiger partial charge in [-0.3, -0.25) is 4.90 Å². The predicted octanol–water partition coefficient (Wildman–Crippen LogP) is 3.54. The zero-order valence-electron chi connectivity index (χ0n) is 11.1. The van der Waals surface area contributed by atoms with Crippen LogP contribution in [0.4, 0.5) is 5.69 Å². The normalized spacial score (nSPS) is 15.0. The lowest BCUT2D eigenvalue weighted by Crippen LogP contribution is -2.27. The van der Waals surface area contributed by atoms with Crippen LogP contribution >= 0.6 is 11.3 Å². The molecule has 1 saturated carbocycles. The predicted molar refractivity (Wildman–Crippen MR) is 82.3 cm³/mol. The highest BCUT2D eigenvalue weighted by Gasteiger charge is 2.28. The Hall–Kier alpha value is -1.32. The zero-order chi connectivity index (χ0) is 13.1. The molecule has 1 aliphatic rings. The van der Waals surface area contributed by atoms with Gasteiger partial charge in [0.25, 0.3) is 0 Å². The minimum atomic E-state index is 0.798. The van der Waals surface area contributed by atoms with Crippen LogP contribution in [0.25, 0.3) is 0 Å². The molecule has 0 atom stereocenters. The second-order valence-electron chi connectivity index (χ2n) is 5.23. The molecule has 1 heterocycles. The second-order valence-corrected chi connectivity index (χ2v) is 6.26. The fourth-order valence-electron chi connectivity index (χ4n) is 2.46. The number of hydrogen-bond acceptors (Lipinski definition) is 3. The molecule has 0 bridgehead atoms. The molecule has 1 aromatic heterocycles. The van der Waals surface area contributed by atoms with Gasteiger partial charge >= 0.3 is 0 Å². The number of nitrogens with zero attached hydrogens (tertiary/aromatic N) is 1. The summed E-state index contributed by atoms with van der Waals surface area (Å²) in [7, 11) is 0. The van der Waals surface area contributed by atoms with Crippen LogP contribution in [0, 0.1) is 0 Å². The number of para-hydroxylation sites is 1. The van der Waals surface area contributed by atoms with E-state index in [0.29, 0.717) is 0 Å². The molecule has 0 unspecified atom stereocenters. The maximum Gasteiger partial charge on any atom is 0.0347 e. The largest absolute Gasteiger partial charge is 0.399 e. The highest BCUT2D eigenvalue weighted by atomic mass is 32.1. The zero-order valence-corrected chi connectivity index (χ0v) is 11.9. The van der Waals surface area contributed by atoms with Gasteiger partial charge in [-0.05, 0) is 42.3 Å². The molecule has 0 amide bonds. The molecule has 2 N–H and O–H groups in total. The Balaban J connectivity index is 1.61. The molecular formula is C16H20N2S. The van der Waals surface area contributed by atoms with Crippen molar-refractivity contribution in [1.29, 1.82) is 0 Å². The Morgan fingerprint density at radius 3 is 2.68 bits per heavy atom. The lowest BCUT2D eigenvalue weighted by Gasteiger charge is -2.21. The molecule has 1 fully saturated rings. The van der Waals surface area contributed by atoms with Gasteiger partial charge in [0.2, 0.25) is 0 Å². The molecule has 2 aromatic rings. The van der Waals surface area contributed by atoms with Gasteiger partial charge in [-0.15, -0.1) is 11.3 Å². The van der Waals surface area contributed by atoms with Crippen molar-refractivity contribution >= 4 is 17.0 Å². The van der Waals surface area contributed by atoms with Gasteiger partial charge < -0.3 is 5.73 Å². The second kappa shape index (κ2) is 5.76. The molecule has 3 heteroatoms. The number of hydrogen-bond donors (Lipinski definition) is 1. The van der Waals surface area contributed by atoms with E-state index in [1.807, 2.05) is 23.5 Å². The molecule has 19 heavy (non-hydrogen) atoms. The van der Waals surface area contributed by atoms with Crippen molar-refractivity contribution < 1.29 is 0 Å². The SMILES string of the molecule is Nc1ccccc1CCN(Cc1cccs1)C1CC1. The van der Waals surface area contributed by atoms with E-state index in [9.17, 15) is 0 Å². The summed E-state index contributed by atoms with van der Waals surface area (Å²) >= 11 is 1.85. The van der Waals surface area contributed by atoms with E-state index in [1.54, 1.807) is 0 Å². The van der Waals surface area contributed by atoms with E-state index < -0.39 is 0 Å². The van der Waals surface area contributed by atoms with E-state index in [2.05, 4.69) is 34.5 Å². The lowest BCUT2D eigenvalue weighted by atomic mass is 10.1. The van der Waals surface area contributed by atoms with Gasteiger partial charge in [0.1, 0.15) is 0 Å². The van der Waals surface area contributed by atoms with Crippen molar-refractivity contribution in [2.45, 2.75) is 31.8 Å². The summed E-state index contributed by atoms with van der Waals surface area (Å²) in [6.45, 7) is 2.20. The lowest BCUT2D eigenvalue weighted by molar-refractivity contribution is 0.260. The summed E-state index contributed by atoms with van der Waals surface area (Å²) in [5, 5.41) is 2.16. The summed E-state index contributed by atoms with van der Waals surface area (Å²) < 4.78 is 0. The number of nitrogen functional groups attached to an aromatic ring is 1. The third kappa shape index (κ3) is 3.37. The average Bonchev–Trinajstić information content (AvgIpc) is 3.14.